The molecule has 1 aromatic rings. The van der Waals surface area contributed by atoms with Crippen LogP contribution in [-0.4, -0.2) is 31.1 Å². The Morgan fingerprint density at radius 2 is 1.96 bits per heavy atom. The van der Waals surface area contributed by atoms with Crippen molar-refractivity contribution in [2.75, 3.05) is 26.2 Å². The standard InChI is InChI=1S/C16H19ClF4N2/c1-10(2)9-13(23-7-5-22-6-8-23)14-11(16(19,20)21)3-4-12(17)15(14)18/h3-4,13,22H,1,5-9H2,2H3/t13-/m1/s1. The summed E-state index contributed by atoms with van der Waals surface area (Å²) in [5.41, 5.74) is -0.653. The molecule has 1 heterocycles. The maximum absolute atomic E-state index is 14.5. The monoisotopic (exact) mass is 350 g/mol. The molecule has 128 valence electrons. The van der Waals surface area contributed by atoms with Crippen LogP contribution >= 0.6 is 11.6 Å². The molecule has 1 atom stereocenters. The normalized spacial score (nSPS) is 18.0. The summed E-state index contributed by atoms with van der Waals surface area (Å²) in [4.78, 5) is 1.86. The average Bonchev–Trinajstić information content (AvgIpc) is 2.47. The summed E-state index contributed by atoms with van der Waals surface area (Å²) in [6, 6.07) is 1.08. The number of alkyl halides is 3. The van der Waals surface area contributed by atoms with Gasteiger partial charge in [0, 0.05) is 37.8 Å². The molecule has 0 bridgehead atoms. The molecule has 23 heavy (non-hydrogen) atoms. The van der Waals surface area contributed by atoms with Crippen molar-refractivity contribution in [3.8, 4) is 0 Å². The summed E-state index contributed by atoms with van der Waals surface area (Å²) in [6.07, 6.45) is -4.39. The van der Waals surface area contributed by atoms with Crippen molar-refractivity contribution in [2.45, 2.75) is 25.6 Å². The van der Waals surface area contributed by atoms with Gasteiger partial charge in [-0.25, -0.2) is 4.39 Å². The minimum atomic E-state index is -4.64. The van der Waals surface area contributed by atoms with Crippen molar-refractivity contribution in [1.29, 1.82) is 0 Å². The zero-order valence-corrected chi connectivity index (χ0v) is 13.6. The predicted molar refractivity (Wildman–Crippen MR) is 83.0 cm³/mol. The van der Waals surface area contributed by atoms with E-state index in [0.717, 1.165) is 12.1 Å². The van der Waals surface area contributed by atoms with Gasteiger partial charge in [-0.05, 0) is 25.5 Å². The summed E-state index contributed by atoms with van der Waals surface area (Å²) < 4.78 is 54.6. The fraction of sp³-hybridized carbons (Fsp3) is 0.500. The Kier molecular flexibility index (Phi) is 5.70. The van der Waals surface area contributed by atoms with Crippen LogP contribution in [0.3, 0.4) is 0 Å². The summed E-state index contributed by atoms with van der Waals surface area (Å²) in [5.74, 6) is -0.994. The number of halogens is 5. The van der Waals surface area contributed by atoms with Crippen LogP contribution in [0.2, 0.25) is 5.02 Å². The van der Waals surface area contributed by atoms with E-state index >= 15 is 0 Å². The Morgan fingerprint density at radius 1 is 1.35 bits per heavy atom. The fourth-order valence-corrected chi connectivity index (χ4v) is 3.04. The molecule has 1 aliphatic rings. The molecular formula is C16H19ClF4N2. The topological polar surface area (TPSA) is 15.3 Å². The van der Waals surface area contributed by atoms with Gasteiger partial charge in [-0.1, -0.05) is 17.2 Å². The highest BCUT2D eigenvalue weighted by atomic mass is 35.5. The molecule has 2 nitrogen and oxygen atoms in total. The minimum Gasteiger partial charge on any atom is -0.314 e. The molecule has 0 spiro atoms. The number of hydrogen-bond acceptors (Lipinski definition) is 2. The summed E-state index contributed by atoms with van der Waals surface area (Å²) in [7, 11) is 0. The van der Waals surface area contributed by atoms with E-state index in [1.807, 2.05) is 4.90 Å². The van der Waals surface area contributed by atoms with Crippen molar-refractivity contribution < 1.29 is 17.6 Å². The lowest BCUT2D eigenvalue weighted by Crippen LogP contribution is -2.45. The largest absolute Gasteiger partial charge is 0.416 e. The van der Waals surface area contributed by atoms with Crippen LogP contribution in [0.1, 0.15) is 30.5 Å². The Balaban J connectivity index is 2.56. The van der Waals surface area contributed by atoms with E-state index in [4.69, 9.17) is 11.6 Å². The second-order valence-electron chi connectivity index (χ2n) is 5.78. The molecule has 1 saturated heterocycles. The molecule has 0 unspecified atom stereocenters. The zero-order chi connectivity index (χ0) is 17.2. The quantitative estimate of drug-likeness (QED) is 0.639. The lowest BCUT2D eigenvalue weighted by molar-refractivity contribution is -0.139. The van der Waals surface area contributed by atoms with Gasteiger partial charge in [-0.2, -0.15) is 13.2 Å². The Morgan fingerprint density at radius 3 is 2.48 bits per heavy atom. The van der Waals surface area contributed by atoms with Crippen LogP contribution in [0, 0.1) is 5.82 Å². The van der Waals surface area contributed by atoms with Crippen LogP contribution in [-0.2, 0) is 6.18 Å². The van der Waals surface area contributed by atoms with Crippen LogP contribution < -0.4 is 5.32 Å². The lowest BCUT2D eigenvalue weighted by Gasteiger charge is -2.36. The van der Waals surface area contributed by atoms with Crippen LogP contribution in [0.15, 0.2) is 24.3 Å². The summed E-state index contributed by atoms with van der Waals surface area (Å²) in [5, 5.41) is 2.84. The first-order chi connectivity index (χ1) is 10.7. The number of nitrogens with one attached hydrogen (secondary N) is 1. The number of nitrogens with zero attached hydrogens (tertiary/aromatic N) is 1. The van der Waals surface area contributed by atoms with Crippen molar-refractivity contribution in [3.63, 3.8) is 0 Å². The van der Waals surface area contributed by atoms with Crippen molar-refractivity contribution >= 4 is 11.6 Å². The molecule has 7 heteroatoms. The Labute approximate surface area is 138 Å². The first-order valence-corrected chi connectivity index (χ1v) is 7.74. The molecule has 1 N–H and O–H groups in total. The highest BCUT2D eigenvalue weighted by Crippen LogP contribution is 2.41. The van der Waals surface area contributed by atoms with E-state index in [2.05, 4.69) is 11.9 Å². The van der Waals surface area contributed by atoms with Crippen molar-refractivity contribution in [2.24, 2.45) is 0 Å². The number of hydrogen-bond donors (Lipinski definition) is 1. The molecule has 0 radical (unpaired) electrons. The fourth-order valence-electron chi connectivity index (χ4n) is 2.88. The van der Waals surface area contributed by atoms with Gasteiger partial charge < -0.3 is 5.32 Å². The second-order valence-corrected chi connectivity index (χ2v) is 6.19. The van der Waals surface area contributed by atoms with Gasteiger partial charge >= 0.3 is 6.18 Å². The van der Waals surface area contributed by atoms with Gasteiger partial charge in [-0.3, -0.25) is 4.90 Å². The lowest BCUT2D eigenvalue weighted by atomic mass is 9.92. The molecule has 0 aliphatic carbocycles. The maximum Gasteiger partial charge on any atom is 0.416 e. The molecule has 2 rings (SSSR count). The van der Waals surface area contributed by atoms with Crippen molar-refractivity contribution in [3.05, 3.63) is 46.3 Å². The highest BCUT2D eigenvalue weighted by Gasteiger charge is 2.39. The van der Waals surface area contributed by atoms with E-state index in [1.165, 1.54) is 0 Å². The van der Waals surface area contributed by atoms with E-state index in [0.29, 0.717) is 31.8 Å². The third-order valence-corrected chi connectivity index (χ3v) is 4.20. The third-order valence-electron chi connectivity index (χ3n) is 3.91. The molecule has 1 aliphatic heterocycles. The van der Waals surface area contributed by atoms with Crippen LogP contribution in [0.5, 0.6) is 0 Å². The second kappa shape index (κ2) is 7.20. The predicted octanol–water partition coefficient (Wildman–Crippen LogP) is 4.41. The molecule has 1 fully saturated rings. The SMILES string of the molecule is C=C(C)C[C@H](c1c(C(F)(F)F)ccc(Cl)c1F)N1CCNCC1. The van der Waals surface area contributed by atoms with Crippen LogP contribution in [0.25, 0.3) is 0 Å². The minimum absolute atomic E-state index is 0.250. The first-order valence-electron chi connectivity index (χ1n) is 7.36. The first kappa shape index (κ1) is 18.2. The van der Waals surface area contributed by atoms with Gasteiger partial charge in [-0.15, -0.1) is 6.58 Å². The zero-order valence-electron chi connectivity index (χ0n) is 12.8. The van der Waals surface area contributed by atoms with Gasteiger partial charge in [0.1, 0.15) is 5.82 Å². The van der Waals surface area contributed by atoms with Gasteiger partial charge in [0.05, 0.1) is 10.6 Å². The van der Waals surface area contributed by atoms with E-state index in [9.17, 15) is 17.6 Å². The molecule has 0 amide bonds. The van der Waals surface area contributed by atoms with Crippen molar-refractivity contribution in [1.82, 2.24) is 10.2 Å². The Hall–Kier alpha value is -1.11. The van der Waals surface area contributed by atoms with E-state index in [-0.39, 0.29) is 17.0 Å². The van der Waals surface area contributed by atoms with Gasteiger partial charge in [0.25, 0.3) is 0 Å². The van der Waals surface area contributed by atoms with E-state index < -0.39 is 23.6 Å². The number of piperazine rings is 1. The van der Waals surface area contributed by atoms with E-state index in [1.54, 1.807) is 6.92 Å². The average molecular weight is 351 g/mol. The summed E-state index contributed by atoms with van der Waals surface area (Å²) in [6.45, 7) is 7.89. The number of benzene rings is 1. The highest BCUT2D eigenvalue weighted by molar-refractivity contribution is 6.30. The number of rotatable bonds is 4. The Bertz CT molecular complexity index is 580. The molecule has 0 saturated carbocycles. The molecular weight excluding hydrogens is 332 g/mol. The van der Waals surface area contributed by atoms with Crippen LogP contribution in [0.4, 0.5) is 17.6 Å². The third kappa shape index (κ3) is 4.25. The maximum atomic E-state index is 14.5. The smallest absolute Gasteiger partial charge is 0.314 e. The molecule has 1 aromatic carbocycles. The van der Waals surface area contributed by atoms with Gasteiger partial charge in [0.2, 0.25) is 0 Å². The summed E-state index contributed by atoms with van der Waals surface area (Å²) >= 11 is 5.76. The molecule has 0 aromatic heterocycles. The van der Waals surface area contributed by atoms with Gasteiger partial charge in [0.15, 0.2) is 0 Å².